The van der Waals surface area contributed by atoms with Crippen LogP contribution in [0.15, 0.2) is 18.2 Å². The quantitative estimate of drug-likeness (QED) is 0.899. The Bertz CT molecular complexity index is 595. The van der Waals surface area contributed by atoms with Crippen molar-refractivity contribution in [3.63, 3.8) is 0 Å². The number of nitrogens with zero attached hydrogens (tertiary/aromatic N) is 2. The second-order valence-corrected chi connectivity index (χ2v) is 7.29. The maximum Gasteiger partial charge on any atom is 0.211 e. The smallest absolute Gasteiger partial charge is 0.211 e. The van der Waals surface area contributed by atoms with Crippen LogP contribution in [0.3, 0.4) is 0 Å². The van der Waals surface area contributed by atoms with Gasteiger partial charge in [-0.05, 0) is 24.6 Å². The van der Waals surface area contributed by atoms with Crippen LogP contribution >= 0.6 is 0 Å². The lowest BCUT2D eigenvalue weighted by Crippen LogP contribution is -2.48. The number of ether oxygens (including phenoxy) is 1. The van der Waals surface area contributed by atoms with Crippen molar-refractivity contribution >= 4 is 10.0 Å². The van der Waals surface area contributed by atoms with Crippen LogP contribution in [0.1, 0.15) is 18.5 Å². The maximum atomic E-state index is 11.5. The van der Waals surface area contributed by atoms with Gasteiger partial charge in [0.2, 0.25) is 10.0 Å². The highest BCUT2D eigenvalue weighted by Gasteiger charge is 2.26. The number of phenolic OH excluding ortho intramolecular Hbond substituents is 1. The molecule has 1 saturated heterocycles. The van der Waals surface area contributed by atoms with E-state index in [4.69, 9.17) is 4.74 Å². The Morgan fingerprint density at radius 3 is 2.38 bits per heavy atom. The van der Waals surface area contributed by atoms with Gasteiger partial charge in [-0.3, -0.25) is 4.90 Å². The molecule has 1 fully saturated rings. The number of methoxy groups -OCH3 is 1. The molecule has 1 atom stereocenters. The molecular weight excluding hydrogens is 292 g/mol. The predicted molar refractivity (Wildman–Crippen MR) is 81.1 cm³/mol. The lowest BCUT2D eigenvalue weighted by Gasteiger charge is -2.37. The summed E-state index contributed by atoms with van der Waals surface area (Å²) in [7, 11) is -1.58. The molecule has 2 rings (SSSR count). The number of piperazine rings is 1. The fourth-order valence-electron chi connectivity index (χ4n) is 2.59. The summed E-state index contributed by atoms with van der Waals surface area (Å²) in [5, 5.41) is 9.64. The number of hydrogen-bond acceptors (Lipinski definition) is 5. The van der Waals surface area contributed by atoms with E-state index in [2.05, 4.69) is 11.8 Å². The first-order valence-corrected chi connectivity index (χ1v) is 8.74. The Balaban J connectivity index is 2.07. The van der Waals surface area contributed by atoms with Crippen molar-refractivity contribution in [3.05, 3.63) is 23.8 Å². The van der Waals surface area contributed by atoms with Crippen molar-refractivity contribution in [3.8, 4) is 11.5 Å². The molecule has 7 heteroatoms. The Morgan fingerprint density at radius 1 is 1.24 bits per heavy atom. The lowest BCUT2D eigenvalue weighted by atomic mass is 10.1. The SMILES string of the molecule is COc1cc(C(C)N2CCN(S(C)(=O)=O)CC2)ccc1O. The summed E-state index contributed by atoms with van der Waals surface area (Å²) in [6.07, 6.45) is 1.25. The molecule has 1 unspecified atom stereocenters. The molecule has 0 aromatic heterocycles. The standard InChI is InChI=1S/C14H22N2O4S/c1-11(12-4-5-13(17)14(10-12)20-2)15-6-8-16(9-7-15)21(3,18)19/h4-5,10-11,17H,6-9H2,1-3H3. The number of sulfonamides is 1. The zero-order valence-electron chi connectivity index (χ0n) is 12.6. The molecule has 0 amide bonds. The summed E-state index contributed by atoms with van der Waals surface area (Å²) < 4.78 is 29.7. The molecule has 1 aromatic rings. The summed E-state index contributed by atoms with van der Waals surface area (Å²) in [6, 6.07) is 5.45. The normalized spacial score (nSPS) is 19.4. The summed E-state index contributed by atoms with van der Waals surface area (Å²) >= 11 is 0. The second kappa shape index (κ2) is 6.21. The number of hydrogen-bond donors (Lipinski definition) is 1. The van der Waals surface area contributed by atoms with Gasteiger partial charge in [0.15, 0.2) is 11.5 Å². The first-order chi connectivity index (χ1) is 9.82. The van der Waals surface area contributed by atoms with Gasteiger partial charge in [-0.1, -0.05) is 6.07 Å². The largest absolute Gasteiger partial charge is 0.504 e. The zero-order chi connectivity index (χ0) is 15.6. The Morgan fingerprint density at radius 2 is 1.86 bits per heavy atom. The Labute approximate surface area is 126 Å². The van der Waals surface area contributed by atoms with Crippen molar-refractivity contribution in [2.45, 2.75) is 13.0 Å². The van der Waals surface area contributed by atoms with Gasteiger partial charge >= 0.3 is 0 Å². The summed E-state index contributed by atoms with van der Waals surface area (Å²) in [4.78, 5) is 2.23. The predicted octanol–water partition coefficient (Wildman–Crippen LogP) is 1.04. The van der Waals surface area contributed by atoms with Gasteiger partial charge in [0.25, 0.3) is 0 Å². The van der Waals surface area contributed by atoms with Crippen LogP contribution in [0.4, 0.5) is 0 Å². The molecule has 1 aliphatic heterocycles. The number of phenols is 1. The van der Waals surface area contributed by atoms with E-state index < -0.39 is 10.0 Å². The van der Waals surface area contributed by atoms with E-state index in [0.717, 1.165) is 5.56 Å². The molecule has 1 heterocycles. The fraction of sp³-hybridized carbons (Fsp3) is 0.571. The first-order valence-electron chi connectivity index (χ1n) is 6.89. The molecule has 0 spiro atoms. The van der Waals surface area contributed by atoms with Crippen LogP contribution in [0.2, 0.25) is 0 Å². The van der Waals surface area contributed by atoms with Crippen molar-refractivity contribution in [1.29, 1.82) is 0 Å². The molecule has 1 N–H and O–H groups in total. The molecular formula is C14H22N2O4S. The maximum absolute atomic E-state index is 11.5. The molecule has 0 saturated carbocycles. The van der Waals surface area contributed by atoms with Gasteiger partial charge in [-0.2, -0.15) is 4.31 Å². The molecule has 118 valence electrons. The molecule has 0 radical (unpaired) electrons. The third kappa shape index (κ3) is 3.66. The van der Waals surface area contributed by atoms with E-state index in [0.29, 0.717) is 31.9 Å². The van der Waals surface area contributed by atoms with Crippen LogP contribution in [-0.4, -0.2) is 62.3 Å². The van der Waals surface area contributed by atoms with Gasteiger partial charge in [-0.15, -0.1) is 0 Å². The lowest BCUT2D eigenvalue weighted by molar-refractivity contribution is 0.146. The van der Waals surface area contributed by atoms with E-state index >= 15 is 0 Å². The molecule has 1 aromatic carbocycles. The highest BCUT2D eigenvalue weighted by atomic mass is 32.2. The third-order valence-electron chi connectivity index (χ3n) is 3.98. The minimum atomic E-state index is -3.10. The van der Waals surface area contributed by atoms with Crippen molar-refractivity contribution < 1.29 is 18.3 Å². The fourth-order valence-corrected chi connectivity index (χ4v) is 3.41. The average Bonchev–Trinajstić information content (AvgIpc) is 2.46. The van der Waals surface area contributed by atoms with E-state index in [9.17, 15) is 13.5 Å². The van der Waals surface area contributed by atoms with Crippen molar-refractivity contribution in [2.24, 2.45) is 0 Å². The van der Waals surface area contributed by atoms with Crippen molar-refractivity contribution in [2.75, 3.05) is 39.5 Å². The summed E-state index contributed by atoms with van der Waals surface area (Å²) in [6.45, 7) is 4.48. The molecule has 6 nitrogen and oxygen atoms in total. The second-order valence-electron chi connectivity index (χ2n) is 5.31. The molecule has 21 heavy (non-hydrogen) atoms. The summed E-state index contributed by atoms with van der Waals surface area (Å²) in [5.41, 5.74) is 1.04. The van der Waals surface area contributed by atoms with Gasteiger partial charge in [0.1, 0.15) is 0 Å². The van der Waals surface area contributed by atoms with Crippen LogP contribution in [-0.2, 0) is 10.0 Å². The van der Waals surface area contributed by atoms with E-state index in [1.54, 1.807) is 6.07 Å². The van der Waals surface area contributed by atoms with E-state index in [1.165, 1.54) is 17.7 Å². The number of aromatic hydroxyl groups is 1. The van der Waals surface area contributed by atoms with Crippen LogP contribution in [0, 0.1) is 0 Å². The van der Waals surface area contributed by atoms with Gasteiger partial charge < -0.3 is 9.84 Å². The highest BCUT2D eigenvalue weighted by molar-refractivity contribution is 7.88. The Kier molecular flexibility index (Phi) is 4.75. The van der Waals surface area contributed by atoms with Gasteiger partial charge in [0, 0.05) is 32.2 Å². The van der Waals surface area contributed by atoms with Gasteiger partial charge in [-0.25, -0.2) is 8.42 Å². The number of benzene rings is 1. The number of rotatable bonds is 4. The minimum Gasteiger partial charge on any atom is -0.504 e. The third-order valence-corrected chi connectivity index (χ3v) is 5.28. The minimum absolute atomic E-state index is 0.121. The van der Waals surface area contributed by atoms with Crippen LogP contribution in [0.25, 0.3) is 0 Å². The molecule has 1 aliphatic rings. The van der Waals surface area contributed by atoms with Crippen LogP contribution in [0.5, 0.6) is 11.5 Å². The van der Waals surface area contributed by atoms with Gasteiger partial charge in [0.05, 0.1) is 13.4 Å². The van der Waals surface area contributed by atoms with E-state index in [1.807, 2.05) is 12.1 Å². The molecule has 0 aliphatic carbocycles. The molecule has 0 bridgehead atoms. The first kappa shape index (κ1) is 16.1. The monoisotopic (exact) mass is 314 g/mol. The topological polar surface area (TPSA) is 70.1 Å². The Hall–Kier alpha value is -1.31. The zero-order valence-corrected chi connectivity index (χ0v) is 13.4. The van der Waals surface area contributed by atoms with Crippen LogP contribution < -0.4 is 4.74 Å². The highest BCUT2D eigenvalue weighted by Crippen LogP contribution is 2.31. The average molecular weight is 314 g/mol. The summed E-state index contributed by atoms with van der Waals surface area (Å²) in [5.74, 6) is 0.574. The van der Waals surface area contributed by atoms with E-state index in [-0.39, 0.29) is 11.8 Å². The van der Waals surface area contributed by atoms with Crippen molar-refractivity contribution in [1.82, 2.24) is 9.21 Å².